The standard InChI is InChI=1S/C24H30O7/c1-4-5-6-7-8-9-10-11-14-28-24(27)31-21-16-19-18(12-13-22(25)29-19)15-20(21)30-23(26)17(2)3/h12-13,15-16H,2,4-11,14H2,1,3H3. The molecule has 1 heterocycles. The molecule has 0 amide bonds. The van der Waals surface area contributed by atoms with Gasteiger partial charge in [0.05, 0.1) is 6.61 Å². The smallest absolute Gasteiger partial charge is 0.434 e. The first-order valence-electron chi connectivity index (χ1n) is 10.7. The summed E-state index contributed by atoms with van der Waals surface area (Å²) in [6, 6.07) is 5.52. The number of rotatable bonds is 12. The molecule has 2 aromatic rings. The van der Waals surface area contributed by atoms with Crippen molar-refractivity contribution in [2.24, 2.45) is 0 Å². The third-order valence-electron chi connectivity index (χ3n) is 4.65. The summed E-state index contributed by atoms with van der Waals surface area (Å²) in [5, 5.41) is 0.503. The van der Waals surface area contributed by atoms with Crippen molar-refractivity contribution in [3.8, 4) is 11.5 Å². The minimum Gasteiger partial charge on any atom is -0.434 e. The summed E-state index contributed by atoms with van der Waals surface area (Å²) >= 11 is 0. The number of ether oxygens (including phenoxy) is 3. The van der Waals surface area contributed by atoms with Crippen LogP contribution in [0.4, 0.5) is 4.79 Å². The average Bonchev–Trinajstić information content (AvgIpc) is 2.73. The van der Waals surface area contributed by atoms with Gasteiger partial charge in [-0.2, -0.15) is 0 Å². The molecule has 2 rings (SSSR count). The highest BCUT2D eigenvalue weighted by Crippen LogP contribution is 2.33. The van der Waals surface area contributed by atoms with Crippen LogP contribution < -0.4 is 15.1 Å². The molecule has 0 spiro atoms. The summed E-state index contributed by atoms with van der Waals surface area (Å²) in [4.78, 5) is 35.5. The van der Waals surface area contributed by atoms with Crippen LogP contribution in [-0.2, 0) is 9.53 Å². The van der Waals surface area contributed by atoms with E-state index >= 15 is 0 Å². The van der Waals surface area contributed by atoms with Gasteiger partial charge in [0.25, 0.3) is 0 Å². The molecular weight excluding hydrogens is 400 g/mol. The molecule has 0 aliphatic heterocycles. The highest BCUT2D eigenvalue weighted by atomic mass is 16.7. The molecule has 0 saturated carbocycles. The van der Waals surface area contributed by atoms with E-state index in [0.717, 1.165) is 19.3 Å². The van der Waals surface area contributed by atoms with E-state index in [1.165, 1.54) is 63.3 Å². The van der Waals surface area contributed by atoms with E-state index in [-0.39, 0.29) is 29.3 Å². The summed E-state index contributed by atoms with van der Waals surface area (Å²) in [6.45, 7) is 7.46. The lowest BCUT2D eigenvalue weighted by Gasteiger charge is -2.11. The molecule has 0 bridgehead atoms. The average molecular weight is 430 g/mol. The van der Waals surface area contributed by atoms with Gasteiger partial charge in [-0.25, -0.2) is 14.4 Å². The van der Waals surface area contributed by atoms with Crippen LogP contribution >= 0.6 is 0 Å². The van der Waals surface area contributed by atoms with E-state index < -0.39 is 17.8 Å². The Balaban J connectivity index is 1.93. The zero-order chi connectivity index (χ0) is 22.6. The Hall–Kier alpha value is -3.09. The van der Waals surface area contributed by atoms with E-state index in [2.05, 4.69) is 13.5 Å². The summed E-state index contributed by atoms with van der Waals surface area (Å²) in [5.41, 5.74) is -0.182. The fraction of sp³-hybridized carbons (Fsp3) is 0.458. The summed E-state index contributed by atoms with van der Waals surface area (Å²) in [5.74, 6) is -0.760. The fourth-order valence-corrected chi connectivity index (χ4v) is 2.93. The maximum Gasteiger partial charge on any atom is 0.513 e. The lowest BCUT2D eigenvalue weighted by Crippen LogP contribution is -2.14. The molecule has 168 valence electrons. The molecule has 0 unspecified atom stereocenters. The van der Waals surface area contributed by atoms with E-state index in [4.69, 9.17) is 18.6 Å². The van der Waals surface area contributed by atoms with Gasteiger partial charge in [0, 0.05) is 23.1 Å². The van der Waals surface area contributed by atoms with Gasteiger partial charge < -0.3 is 18.6 Å². The molecule has 31 heavy (non-hydrogen) atoms. The summed E-state index contributed by atoms with van der Waals surface area (Å²) < 4.78 is 20.7. The molecular formula is C24H30O7. The molecule has 0 saturated heterocycles. The highest BCUT2D eigenvalue weighted by Gasteiger charge is 2.17. The first-order valence-corrected chi connectivity index (χ1v) is 10.7. The molecule has 0 radical (unpaired) electrons. The minimum atomic E-state index is -0.923. The number of hydrogen-bond donors (Lipinski definition) is 0. The molecule has 7 nitrogen and oxygen atoms in total. The number of esters is 1. The molecule has 0 atom stereocenters. The third-order valence-corrected chi connectivity index (χ3v) is 4.65. The normalized spacial score (nSPS) is 10.6. The van der Waals surface area contributed by atoms with Gasteiger partial charge in [-0.3, -0.25) is 0 Å². The number of benzene rings is 1. The monoisotopic (exact) mass is 430 g/mol. The quantitative estimate of drug-likeness (QED) is 0.103. The second-order valence-electron chi connectivity index (χ2n) is 7.44. The van der Waals surface area contributed by atoms with E-state index in [1.54, 1.807) is 0 Å². The van der Waals surface area contributed by atoms with Crippen molar-refractivity contribution in [3.63, 3.8) is 0 Å². The first-order chi connectivity index (χ1) is 14.9. The van der Waals surface area contributed by atoms with Gasteiger partial charge in [-0.05, 0) is 25.5 Å². The van der Waals surface area contributed by atoms with Gasteiger partial charge >= 0.3 is 17.8 Å². The fourth-order valence-electron chi connectivity index (χ4n) is 2.93. The van der Waals surface area contributed by atoms with Crippen LogP contribution in [0.2, 0.25) is 0 Å². The Kier molecular flexibility index (Phi) is 9.81. The van der Waals surface area contributed by atoms with Gasteiger partial charge in [0.15, 0.2) is 11.5 Å². The van der Waals surface area contributed by atoms with Crippen LogP contribution in [-0.4, -0.2) is 18.7 Å². The van der Waals surface area contributed by atoms with Crippen molar-refractivity contribution < 1.29 is 28.2 Å². The molecule has 1 aromatic heterocycles. The Morgan fingerprint density at radius 2 is 1.58 bits per heavy atom. The highest BCUT2D eigenvalue weighted by molar-refractivity contribution is 5.90. The topological polar surface area (TPSA) is 92.0 Å². The van der Waals surface area contributed by atoms with Crippen molar-refractivity contribution >= 4 is 23.1 Å². The van der Waals surface area contributed by atoms with E-state index in [1.807, 2.05) is 0 Å². The van der Waals surface area contributed by atoms with E-state index in [9.17, 15) is 14.4 Å². The molecule has 0 aliphatic rings. The van der Waals surface area contributed by atoms with Crippen molar-refractivity contribution in [1.29, 1.82) is 0 Å². The van der Waals surface area contributed by atoms with Crippen molar-refractivity contribution in [3.05, 3.63) is 46.8 Å². The van der Waals surface area contributed by atoms with Crippen molar-refractivity contribution in [2.45, 2.75) is 65.2 Å². The van der Waals surface area contributed by atoms with Crippen LogP contribution in [0.25, 0.3) is 11.0 Å². The molecule has 0 N–H and O–H groups in total. The van der Waals surface area contributed by atoms with Gasteiger partial charge in [0.2, 0.25) is 0 Å². The maximum absolute atomic E-state index is 12.1. The zero-order valence-corrected chi connectivity index (χ0v) is 18.2. The number of carbonyl (C=O) groups is 2. The Bertz CT molecular complexity index is 958. The number of hydrogen-bond acceptors (Lipinski definition) is 7. The predicted octanol–water partition coefficient (Wildman–Crippen LogP) is 5.93. The van der Waals surface area contributed by atoms with Crippen LogP contribution in [0.15, 0.2) is 45.6 Å². The van der Waals surface area contributed by atoms with Crippen LogP contribution in [0.3, 0.4) is 0 Å². The second-order valence-corrected chi connectivity index (χ2v) is 7.44. The van der Waals surface area contributed by atoms with Crippen LogP contribution in [0.1, 0.15) is 65.2 Å². The van der Waals surface area contributed by atoms with Gasteiger partial charge in [-0.1, -0.05) is 58.4 Å². The Morgan fingerprint density at radius 1 is 0.935 bits per heavy atom. The molecule has 7 heteroatoms. The van der Waals surface area contributed by atoms with Gasteiger partial charge in [-0.15, -0.1) is 0 Å². The molecule has 1 aromatic carbocycles. The molecule has 0 fully saturated rings. The first kappa shape index (κ1) is 24.2. The van der Waals surface area contributed by atoms with Crippen LogP contribution in [0, 0.1) is 0 Å². The third kappa shape index (κ3) is 8.28. The summed E-state index contributed by atoms with van der Waals surface area (Å²) in [6.07, 6.45) is 8.09. The zero-order valence-electron chi connectivity index (χ0n) is 18.2. The predicted molar refractivity (Wildman–Crippen MR) is 118 cm³/mol. The van der Waals surface area contributed by atoms with E-state index in [0.29, 0.717) is 5.39 Å². The number of carbonyl (C=O) groups excluding carboxylic acids is 2. The van der Waals surface area contributed by atoms with Crippen molar-refractivity contribution in [1.82, 2.24) is 0 Å². The maximum atomic E-state index is 12.1. The summed E-state index contributed by atoms with van der Waals surface area (Å²) in [7, 11) is 0. The number of unbranched alkanes of at least 4 members (excludes halogenated alkanes) is 7. The van der Waals surface area contributed by atoms with Crippen molar-refractivity contribution in [2.75, 3.05) is 6.61 Å². The Morgan fingerprint density at radius 3 is 2.26 bits per heavy atom. The van der Waals surface area contributed by atoms with Crippen LogP contribution in [0.5, 0.6) is 11.5 Å². The van der Waals surface area contributed by atoms with Gasteiger partial charge in [0.1, 0.15) is 5.58 Å². The Labute approximate surface area is 182 Å². The SMILES string of the molecule is C=C(C)C(=O)Oc1cc2ccc(=O)oc2cc1OC(=O)OCCCCCCCCCC. The number of fused-ring (bicyclic) bond motifs is 1. The lowest BCUT2D eigenvalue weighted by molar-refractivity contribution is -0.130. The minimum absolute atomic E-state index is 0.00150. The second kappa shape index (κ2) is 12.6. The molecule has 0 aliphatic carbocycles. The largest absolute Gasteiger partial charge is 0.513 e. The lowest BCUT2D eigenvalue weighted by atomic mass is 10.1.